The quantitative estimate of drug-likeness (QED) is 0.909. The second kappa shape index (κ2) is 7.41. The normalized spacial score (nSPS) is 18.6. The van der Waals surface area contributed by atoms with Crippen molar-refractivity contribution >= 4 is 5.91 Å². The van der Waals surface area contributed by atoms with Crippen molar-refractivity contribution in [2.75, 3.05) is 32.7 Å². The van der Waals surface area contributed by atoms with Gasteiger partial charge in [-0.2, -0.15) is 0 Å². The van der Waals surface area contributed by atoms with E-state index in [9.17, 15) is 9.90 Å². The van der Waals surface area contributed by atoms with E-state index in [-0.39, 0.29) is 5.91 Å². The molecule has 1 amide bonds. The molecule has 1 saturated heterocycles. The van der Waals surface area contributed by atoms with Gasteiger partial charge in [-0.1, -0.05) is 37.3 Å². The van der Waals surface area contributed by atoms with E-state index in [1.165, 1.54) is 0 Å². The van der Waals surface area contributed by atoms with Crippen molar-refractivity contribution in [1.82, 2.24) is 9.80 Å². The first-order chi connectivity index (χ1) is 9.70. The highest BCUT2D eigenvalue weighted by Gasteiger charge is 2.20. The van der Waals surface area contributed by atoms with Crippen molar-refractivity contribution < 1.29 is 9.90 Å². The van der Waals surface area contributed by atoms with E-state index in [0.29, 0.717) is 13.0 Å². The van der Waals surface area contributed by atoms with Gasteiger partial charge in [-0.25, -0.2) is 0 Å². The van der Waals surface area contributed by atoms with Crippen molar-refractivity contribution in [2.24, 2.45) is 0 Å². The molecule has 4 heteroatoms. The molecule has 0 aliphatic carbocycles. The number of hydrogen-bond donors (Lipinski definition) is 1. The lowest BCUT2D eigenvalue weighted by atomic mass is 10.1. The molecule has 0 saturated carbocycles. The van der Waals surface area contributed by atoms with Crippen LogP contribution < -0.4 is 0 Å². The van der Waals surface area contributed by atoms with Crippen molar-refractivity contribution in [3.05, 3.63) is 35.9 Å². The molecule has 2 rings (SSSR count). The summed E-state index contributed by atoms with van der Waals surface area (Å²) in [5.74, 6) is 0.232. The highest BCUT2D eigenvalue weighted by molar-refractivity contribution is 5.75. The smallest absolute Gasteiger partial charge is 0.222 e. The largest absolute Gasteiger partial charge is 0.387 e. The zero-order valence-electron chi connectivity index (χ0n) is 12.2. The van der Waals surface area contributed by atoms with E-state index >= 15 is 0 Å². The maximum absolute atomic E-state index is 11.7. The Kier molecular flexibility index (Phi) is 5.56. The second-order valence-electron chi connectivity index (χ2n) is 5.31. The topological polar surface area (TPSA) is 43.8 Å². The van der Waals surface area contributed by atoms with E-state index in [2.05, 4.69) is 4.90 Å². The third kappa shape index (κ3) is 4.05. The predicted molar refractivity (Wildman–Crippen MR) is 79.3 cm³/mol. The van der Waals surface area contributed by atoms with Gasteiger partial charge in [0.2, 0.25) is 5.91 Å². The molecule has 110 valence electrons. The van der Waals surface area contributed by atoms with Gasteiger partial charge in [0.1, 0.15) is 0 Å². The van der Waals surface area contributed by atoms with Crippen LogP contribution in [-0.2, 0) is 4.79 Å². The summed E-state index contributed by atoms with van der Waals surface area (Å²) in [5.41, 5.74) is 0.957. The maximum Gasteiger partial charge on any atom is 0.222 e. The molecule has 1 aromatic rings. The van der Waals surface area contributed by atoms with Crippen LogP contribution in [0.4, 0.5) is 0 Å². The fourth-order valence-electron chi connectivity index (χ4n) is 2.65. The number of rotatable bonds is 4. The number of β-amino-alcohol motifs (C(OH)–C–C–N with tert-alkyl or cyclic N) is 1. The zero-order chi connectivity index (χ0) is 14.4. The van der Waals surface area contributed by atoms with Gasteiger partial charge >= 0.3 is 0 Å². The second-order valence-corrected chi connectivity index (χ2v) is 5.31. The van der Waals surface area contributed by atoms with E-state index in [0.717, 1.165) is 38.2 Å². The van der Waals surface area contributed by atoms with Crippen molar-refractivity contribution in [3.8, 4) is 0 Å². The van der Waals surface area contributed by atoms with E-state index in [1.54, 1.807) is 0 Å². The SMILES string of the molecule is CCC(=O)N1CCCN(C[C@H](O)c2ccccc2)CC1. The van der Waals surface area contributed by atoms with Crippen molar-refractivity contribution in [2.45, 2.75) is 25.9 Å². The van der Waals surface area contributed by atoms with Gasteiger partial charge in [-0.15, -0.1) is 0 Å². The number of benzene rings is 1. The van der Waals surface area contributed by atoms with Crippen LogP contribution in [0.5, 0.6) is 0 Å². The molecule has 1 N–H and O–H groups in total. The van der Waals surface area contributed by atoms with Crippen LogP contribution in [0.15, 0.2) is 30.3 Å². The molecule has 0 bridgehead atoms. The van der Waals surface area contributed by atoms with Crippen LogP contribution in [0.2, 0.25) is 0 Å². The number of aliphatic hydroxyl groups excluding tert-OH is 1. The molecule has 1 heterocycles. The monoisotopic (exact) mass is 276 g/mol. The van der Waals surface area contributed by atoms with Gasteiger partial charge < -0.3 is 10.0 Å². The number of aliphatic hydroxyl groups is 1. The van der Waals surface area contributed by atoms with Gasteiger partial charge in [-0.3, -0.25) is 9.69 Å². The molecule has 20 heavy (non-hydrogen) atoms. The minimum atomic E-state index is -0.454. The average molecular weight is 276 g/mol. The summed E-state index contributed by atoms with van der Waals surface area (Å²) >= 11 is 0. The predicted octanol–water partition coefficient (Wildman–Crippen LogP) is 1.66. The Hall–Kier alpha value is -1.39. The van der Waals surface area contributed by atoms with Crippen LogP contribution in [0.1, 0.15) is 31.4 Å². The van der Waals surface area contributed by atoms with Crippen LogP contribution in [0.3, 0.4) is 0 Å². The maximum atomic E-state index is 11.7. The number of hydrogen-bond acceptors (Lipinski definition) is 3. The Morgan fingerprint density at radius 3 is 2.65 bits per heavy atom. The lowest BCUT2D eigenvalue weighted by Crippen LogP contribution is -2.36. The molecular formula is C16H24N2O2. The zero-order valence-corrected chi connectivity index (χ0v) is 12.2. The molecule has 0 unspecified atom stereocenters. The van der Waals surface area contributed by atoms with Crippen molar-refractivity contribution in [1.29, 1.82) is 0 Å². The van der Waals surface area contributed by atoms with Gasteiger partial charge in [-0.05, 0) is 12.0 Å². The molecule has 1 aromatic carbocycles. The van der Waals surface area contributed by atoms with Crippen LogP contribution >= 0.6 is 0 Å². The first-order valence-corrected chi connectivity index (χ1v) is 7.44. The summed E-state index contributed by atoms with van der Waals surface area (Å²) < 4.78 is 0. The lowest BCUT2D eigenvalue weighted by molar-refractivity contribution is -0.130. The van der Waals surface area contributed by atoms with Crippen molar-refractivity contribution in [3.63, 3.8) is 0 Å². The first kappa shape index (κ1) is 15.0. The summed E-state index contributed by atoms with van der Waals surface area (Å²) in [6.07, 6.45) is 1.10. The van der Waals surface area contributed by atoms with Crippen LogP contribution in [0.25, 0.3) is 0 Å². The molecular weight excluding hydrogens is 252 g/mol. The third-order valence-corrected chi connectivity index (χ3v) is 3.86. The molecule has 4 nitrogen and oxygen atoms in total. The third-order valence-electron chi connectivity index (χ3n) is 3.86. The number of carbonyl (C=O) groups excluding carboxylic acids is 1. The van der Waals surface area contributed by atoms with Gasteiger partial charge in [0, 0.05) is 39.1 Å². The average Bonchev–Trinajstić information content (AvgIpc) is 2.73. The highest BCUT2D eigenvalue weighted by atomic mass is 16.3. The van der Waals surface area contributed by atoms with Gasteiger partial charge in [0.25, 0.3) is 0 Å². The Morgan fingerprint density at radius 1 is 1.20 bits per heavy atom. The Bertz CT molecular complexity index is 422. The number of nitrogens with zero attached hydrogens (tertiary/aromatic N) is 2. The Labute approximate surface area is 121 Å². The Morgan fingerprint density at radius 2 is 1.95 bits per heavy atom. The summed E-state index contributed by atoms with van der Waals surface area (Å²) in [5, 5.41) is 10.3. The summed E-state index contributed by atoms with van der Waals surface area (Å²) in [6.45, 7) is 5.94. The molecule has 1 aliphatic heterocycles. The number of carbonyl (C=O) groups is 1. The lowest BCUT2D eigenvalue weighted by Gasteiger charge is -2.24. The van der Waals surface area contributed by atoms with Crippen LogP contribution in [0, 0.1) is 0 Å². The fourth-order valence-corrected chi connectivity index (χ4v) is 2.65. The van der Waals surface area contributed by atoms with E-state index < -0.39 is 6.10 Å². The van der Waals surface area contributed by atoms with Gasteiger partial charge in [0.05, 0.1) is 6.10 Å². The molecule has 1 aliphatic rings. The Balaban J connectivity index is 1.86. The fraction of sp³-hybridized carbons (Fsp3) is 0.562. The number of amides is 1. The van der Waals surface area contributed by atoms with Crippen LogP contribution in [-0.4, -0.2) is 53.5 Å². The minimum Gasteiger partial charge on any atom is -0.387 e. The van der Waals surface area contributed by atoms with E-state index in [4.69, 9.17) is 0 Å². The first-order valence-electron chi connectivity index (χ1n) is 7.44. The molecule has 1 fully saturated rings. The molecule has 0 aromatic heterocycles. The van der Waals surface area contributed by atoms with Gasteiger partial charge in [0.15, 0.2) is 0 Å². The highest BCUT2D eigenvalue weighted by Crippen LogP contribution is 2.15. The molecule has 0 radical (unpaired) electrons. The molecule has 1 atom stereocenters. The summed E-state index contributed by atoms with van der Waals surface area (Å²) in [4.78, 5) is 15.9. The standard InChI is InChI=1S/C16H24N2O2/c1-2-16(20)18-10-6-9-17(11-12-18)13-15(19)14-7-4-3-5-8-14/h3-5,7-8,15,19H,2,6,9-13H2,1H3/t15-/m0/s1. The molecule has 0 spiro atoms. The summed E-state index contributed by atoms with van der Waals surface area (Å²) in [6, 6.07) is 9.76. The minimum absolute atomic E-state index is 0.232. The summed E-state index contributed by atoms with van der Waals surface area (Å²) in [7, 11) is 0. The van der Waals surface area contributed by atoms with E-state index in [1.807, 2.05) is 42.2 Å².